The molecule has 1 aliphatic carbocycles. The fourth-order valence-electron chi connectivity index (χ4n) is 2.99. The zero-order valence-electron chi connectivity index (χ0n) is 14.3. The van der Waals surface area contributed by atoms with Gasteiger partial charge < -0.3 is 10.1 Å². The van der Waals surface area contributed by atoms with Crippen LogP contribution < -0.4 is 10.1 Å². The molecule has 7 nitrogen and oxygen atoms in total. The number of carbonyl (C=O) groups excluding carboxylic acids is 1. The minimum Gasteiger partial charge on any atom is -0.497 e. The second kappa shape index (κ2) is 6.95. The van der Waals surface area contributed by atoms with Crippen LogP contribution in [0.2, 0.25) is 0 Å². The van der Waals surface area contributed by atoms with Gasteiger partial charge in [0.15, 0.2) is 5.82 Å². The van der Waals surface area contributed by atoms with Crippen molar-refractivity contribution in [3.8, 4) is 17.1 Å². The smallest absolute Gasteiger partial charge is 0.224 e. The van der Waals surface area contributed by atoms with Gasteiger partial charge in [-0.05, 0) is 48.2 Å². The number of benzene rings is 1. The molecule has 2 N–H and O–H groups in total. The zero-order valence-corrected chi connectivity index (χ0v) is 14.3. The monoisotopic (exact) mass is 349 g/mol. The number of hydrogen-bond acceptors (Lipinski definition) is 5. The number of methoxy groups -OCH3 is 1. The van der Waals surface area contributed by atoms with E-state index in [-0.39, 0.29) is 17.7 Å². The third-order valence-corrected chi connectivity index (χ3v) is 4.55. The van der Waals surface area contributed by atoms with Gasteiger partial charge in [-0.2, -0.15) is 5.10 Å². The van der Waals surface area contributed by atoms with Crippen LogP contribution in [0.5, 0.6) is 5.75 Å². The zero-order chi connectivity index (χ0) is 17.9. The first-order valence-corrected chi connectivity index (χ1v) is 8.48. The molecule has 1 aromatic carbocycles. The predicted octanol–water partition coefficient (Wildman–Crippen LogP) is 2.30. The Kier molecular flexibility index (Phi) is 4.35. The average molecular weight is 349 g/mol. The van der Waals surface area contributed by atoms with Gasteiger partial charge in [-0.1, -0.05) is 6.07 Å². The Morgan fingerprint density at radius 2 is 2.15 bits per heavy atom. The van der Waals surface area contributed by atoms with E-state index in [1.165, 1.54) is 0 Å². The molecule has 26 heavy (non-hydrogen) atoms. The van der Waals surface area contributed by atoms with E-state index in [2.05, 4.69) is 25.5 Å². The fraction of sp³-hybridized carbons (Fsp3) is 0.263. The second-order valence-electron chi connectivity index (χ2n) is 6.29. The molecular formula is C19H19N5O2. The summed E-state index contributed by atoms with van der Waals surface area (Å²) in [5.41, 5.74) is 2.01. The molecule has 1 fully saturated rings. The summed E-state index contributed by atoms with van der Waals surface area (Å²) in [5.74, 6) is 2.33. The van der Waals surface area contributed by atoms with Gasteiger partial charge in [0.2, 0.25) is 5.91 Å². The van der Waals surface area contributed by atoms with E-state index in [4.69, 9.17) is 4.74 Å². The van der Waals surface area contributed by atoms with Crippen molar-refractivity contribution in [2.75, 3.05) is 7.11 Å². The molecule has 0 radical (unpaired) electrons. The van der Waals surface area contributed by atoms with E-state index in [1.54, 1.807) is 13.3 Å². The average Bonchev–Trinajstić information content (AvgIpc) is 3.37. The number of rotatable bonds is 6. The van der Waals surface area contributed by atoms with Crippen molar-refractivity contribution in [1.82, 2.24) is 25.5 Å². The van der Waals surface area contributed by atoms with Crippen molar-refractivity contribution >= 4 is 5.91 Å². The van der Waals surface area contributed by atoms with Crippen LogP contribution in [-0.2, 0) is 11.3 Å². The van der Waals surface area contributed by atoms with E-state index in [9.17, 15) is 4.79 Å². The summed E-state index contributed by atoms with van der Waals surface area (Å²) < 4.78 is 5.14. The minimum atomic E-state index is 0.0168. The summed E-state index contributed by atoms with van der Waals surface area (Å²) in [6, 6.07) is 11.4. The molecule has 0 aliphatic heterocycles. The van der Waals surface area contributed by atoms with E-state index in [0.29, 0.717) is 18.2 Å². The number of nitrogens with one attached hydrogen (secondary N) is 2. The SMILES string of the molecule is COc1ccc(-c2n[nH]c(CNC(=O)[C@@H]3C[C@@H]3c3cccnc3)n2)cc1. The lowest BCUT2D eigenvalue weighted by atomic mass is 10.1. The summed E-state index contributed by atoms with van der Waals surface area (Å²) >= 11 is 0. The molecule has 132 valence electrons. The summed E-state index contributed by atoms with van der Waals surface area (Å²) in [5, 5.41) is 10.0. The molecule has 1 aliphatic rings. The number of pyridine rings is 1. The predicted molar refractivity (Wildman–Crippen MR) is 95.3 cm³/mol. The Hall–Kier alpha value is -3.22. The van der Waals surface area contributed by atoms with Crippen molar-refractivity contribution in [3.63, 3.8) is 0 Å². The number of H-pyrrole nitrogens is 1. The van der Waals surface area contributed by atoms with Gasteiger partial charge in [-0.3, -0.25) is 14.9 Å². The van der Waals surface area contributed by atoms with Gasteiger partial charge in [0.1, 0.15) is 11.6 Å². The second-order valence-corrected chi connectivity index (χ2v) is 6.29. The van der Waals surface area contributed by atoms with Gasteiger partial charge in [0.25, 0.3) is 0 Å². The van der Waals surface area contributed by atoms with E-state index in [0.717, 1.165) is 23.3 Å². The molecule has 0 bridgehead atoms. The number of aromatic nitrogens is 4. The topological polar surface area (TPSA) is 92.8 Å². The van der Waals surface area contributed by atoms with Gasteiger partial charge in [-0.15, -0.1) is 0 Å². The summed E-state index contributed by atoms with van der Waals surface area (Å²) in [4.78, 5) is 20.8. The Morgan fingerprint density at radius 3 is 2.88 bits per heavy atom. The molecule has 0 spiro atoms. The first-order valence-electron chi connectivity index (χ1n) is 8.48. The highest BCUT2D eigenvalue weighted by atomic mass is 16.5. The molecule has 0 saturated heterocycles. The van der Waals surface area contributed by atoms with E-state index >= 15 is 0 Å². The summed E-state index contributed by atoms with van der Waals surface area (Å²) in [7, 11) is 1.63. The number of hydrogen-bond donors (Lipinski definition) is 2. The van der Waals surface area contributed by atoms with Crippen LogP contribution in [0.4, 0.5) is 0 Å². The molecule has 1 saturated carbocycles. The van der Waals surface area contributed by atoms with Crippen molar-refractivity contribution in [2.24, 2.45) is 5.92 Å². The highest BCUT2D eigenvalue weighted by Gasteiger charge is 2.43. The Morgan fingerprint density at radius 1 is 1.31 bits per heavy atom. The lowest BCUT2D eigenvalue weighted by Crippen LogP contribution is -2.25. The van der Waals surface area contributed by atoms with Crippen molar-refractivity contribution in [1.29, 1.82) is 0 Å². The molecule has 0 unspecified atom stereocenters. The number of amides is 1. The van der Waals surface area contributed by atoms with Crippen LogP contribution in [-0.4, -0.2) is 33.2 Å². The molecule has 2 atom stereocenters. The Balaban J connectivity index is 1.33. The lowest BCUT2D eigenvalue weighted by molar-refractivity contribution is -0.122. The summed E-state index contributed by atoms with van der Waals surface area (Å²) in [6.07, 6.45) is 4.44. The number of aromatic amines is 1. The molecule has 7 heteroatoms. The maximum absolute atomic E-state index is 12.3. The molecule has 4 rings (SSSR count). The van der Waals surface area contributed by atoms with Crippen LogP contribution in [0, 0.1) is 5.92 Å². The van der Waals surface area contributed by atoms with E-state index in [1.807, 2.05) is 42.6 Å². The standard InChI is InChI=1S/C19H19N5O2/c1-26-14-6-4-12(5-7-14)18-22-17(23-24-18)11-21-19(25)16-9-15(16)13-3-2-8-20-10-13/h2-8,10,15-16H,9,11H2,1H3,(H,21,25)(H,22,23,24)/t15-,16-/m1/s1. The van der Waals surface area contributed by atoms with Crippen LogP contribution in [0.1, 0.15) is 23.7 Å². The number of carbonyl (C=O) groups is 1. The van der Waals surface area contributed by atoms with Crippen molar-refractivity contribution < 1.29 is 9.53 Å². The van der Waals surface area contributed by atoms with Gasteiger partial charge in [0, 0.05) is 23.9 Å². The number of ether oxygens (including phenoxy) is 1. The Bertz CT molecular complexity index is 892. The molecule has 1 amide bonds. The third-order valence-electron chi connectivity index (χ3n) is 4.55. The molecule has 2 heterocycles. The Labute approximate surface area is 150 Å². The van der Waals surface area contributed by atoms with Gasteiger partial charge in [-0.25, -0.2) is 4.98 Å². The molecule has 3 aromatic rings. The molecular weight excluding hydrogens is 330 g/mol. The van der Waals surface area contributed by atoms with Crippen LogP contribution in [0.25, 0.3) is 11.4 Å². The minimum absolute atomic E-state index is 0.0168. The fourth-order valence-corrected chi connectivity index (χ4v) is 2.99. The lowest BCUT2D eigenvalue weighted by Gasteiger charge is -2.02. The first kappa shape index (κ1) is 16.3. The third kappa shape index (κ3) is 3.42. The van der Waals surface area contributed by atoms with Crippen LogP contribution in [0.3, 0.4) is 0 Å². The van der Waals surface area contributed by atoms with Gasteiger partial charge >= 0.3 is 0 Å². The quantitative estimate of drug-likeness (QED) is 0.712. The number of nitrogens with zero attached hydrogens (tertiary/aromatic N) is 3. The highest BCUT2D eigenvalue weighted by molar-refractivity contribution is 5.82. The summed E-state index contributed by atoms with van der Waals surface area (Å²) in [6.45, 7) is 0.332. The van der Waals surface area contributed by atoms with E-state index < -0.39 is 0 Å². The maximum Gasteiger partial charge on any atom is 0.224 e. The normalized spacial score (nSPS) is 18.3. The first-order chi connectivity index (χ1) is 12.7. The van der Waals surface area contributed by atoms with Gasteiger partial charge in [0.05, 0.1) is 13.7 Å². The molecule has 2 aromatic heterocycles. The highest BCUT2D eigenvalue weighted by Crippen LogP contribution is 2.47. The largest absolute Gasteiger partial charge is 0.497 e. The van der Waals surface area contributed by atoms with Crippen molar-refractivity contribution in [2.45, 2.75) is 18.9 Å². The van der Waals surface area contributed by atoms with Crippen molar-refractivity contribution in [3.05, 3.63) is 60.2 Å². The maximum atomic E-state index is 12.3. The van der Waals surface area contributed by atoms with Crippen LogP contribution in [0.15, 0.2) is 48.8 Å². The van der Waals surface area contributed by atoms with Crippen LogP contribution >= 0.6 is 0 Å².